The van der Waals surface area contributed by atoms with E-state index in [9.17, 15) is 4.79 Å². The zero-order valence-corrected chi connectivity index (χ0v) is 14.4. The molecule has 128 valence electrons. The van der Waals surface area contributed by atoms with Crippen LogP contribution in [0.3, 0.4) is 0 Å². The molecule has 1 aromatic heterocycles. The number of aromatic nitrogens is 2. The molecule has 1 aliphatic heterocycles. The average Bonchev–Trinajstić information content (AvgIpc) is 2.58. The van der Waals surface area contributed by atoms with Crippen LogP contribution in [0.25, 0.3) is 0 Å². The molecule has 3 rings (SSSR count). The maximum atomic E-state index is 12.1. The number of H-pyrrole nitrogens is 1. The Morgan fingerprint density at radius 3 is 2.62 bits per heavy atom. The lowest BCUT2D eigenvalue weighted by molar-refractivity contribution is 0.242. The van der Waals surface area contributed by atoms with E-state index in [0.717, 1.165) is 43.9 Å². The molecule has 1 aliphatic rings. The number of nitrogens with two attached hydrogens (primary N) is 1. The number of fused-ring (bicyclic) bond motifs is 1. The zero-order chi connectivity index (χ0) is 17.1. The molecule has 0 spiro atoms. The van der Waals surface area contributed by atoms with E-state index in [0.29, 0.717) is 6.54 Å². The van der Waals surface area contributed by atoms with Gasteiger partial charge in [0, 0.05) is 44.8 Å². The molecule has 0 amide bonds. The summed E-state index contributed by atoms with van der Waals surface area (Å²) in [7, 11) is 0. The van der Waals surface area contributed by atoms with Crippen LogP contribution in [0.15, 0.2) is 29.1 Å². The number of aromatic amines is 1. The van der Waals surface area contributed by atoms with Crippen LogP contribution in [0.2, 0.25) is 0 Å². The summed E-state index contributed by atoms with van der Waals surface area (Å²) >= 11 is 0. The molecule has 3 N–H and O–H groups in total. The third-order valence-corrected chi connectivity index (χ3v) is 4.64. The highest BCUT2D eigenvalue weighted by atomic mass is 16.1. The van der Waals surface area contributed by atoms with Gasteiger partial charge in [0.25, 0.3) is 5.56 Å². The van der Waals surface area contributed by atoms with Crippen molar-refractivity contribution in [3.05, 3.63) is 51.4 Å². The minimum atomic E-state index is -0.112. The van der Waals surface area contributed by atoms with Gasteiger partial charge in [-0.05, 0) is 31.5 Å². The van der Waals surface area contributed by atoms with Crippen molar-refractivity contribution in [3.8, 4) is 0 Å². The lowest BCUT2D eigenvalue weighted by atomic mass is 10.1. The molecular formula is C18H25N5O. The molecular weight excluding hydrogens is 302 g/mol. The molecule has 0 saturated carbocycles. The summed E-state index contributed by atoms with van der Waals surface area (Å²) in [6, 6.07) is 8.70. The highest BCUT2D eigenvalue weighted by Gasteiger charge is 2.20. The number of nitrogen functional groups attached to an aromatic ring is 1. The number of benzene rings is 1. The van der Waals surface area contributed by atoms with E-state index in [1.54, 1.807) is 0 Å². The third kappa shape index (κ3) is 3.43. The van der Waals surface area contributed by atoms with Crippen LogP contribution >= 0.6 is 0 Å². The van der Waals surface area contributed by atoms with Crippen LogP contribution in [0, 0.1) is 0 Å². The van der Waals surface area contributed by atoms with Crippen LogP contribution in [-0.4, -0.2) is 34.5 Å². The van der Waals surface area contributed by atoms with Crippen molar-refractivity contribution in [2.75, 3.05) is 30.3 Å². The highest BCUT2D eigenvalue weighted by Crippen LogP contribution is 2.19. The summed E-state index contributed by atoms with van der Waals surface area (Å²) in [4.78, 5) is 23.5. The van der Waals surface area contributed by atoms with Crippen molar-refractivity contribution in [1.82, 2.24) is 14.9 Å². The Morgan fingerprint density at radius 2 is 1.96 bits per heavy atom. The molecule has 0 aliphatic carbocycles. The highest BCUT2D eigenvalue weighted by molar-refractivity contribution is 5.47. The van der Waals surface area contributed by atoms with Gasteiger partial charge in [0.05, 0.1) is 11.3 Å². The Balaban J connectivity index is 1.70. The Bertz CT molecular complexity index is 749. The van der Waals surface area contributed by atoms with Gasteiger partial charge in [-0.3, -0.25) is 14.7 Å². The molecule has 0 fully saturated rings. The first-order chi connectivity index (χ1) is 11.6. The first-order valence-electron chi connectivity index (χ1n) is 8.54. The largest absolute Gasteiger partial charge is 0.372 e. The molecule has 0 radical (unpaired) electrons. The summed E-state index contributed by atoms with van der Waals surface area (Å²) in [6.45, 7) is 8.70. The molecule has 1 aromatic carbocycles. The first-order valence-corrected chi connectivity index (χ1v) is 8.54. The molecule has 6 nitrogen and oxygen atoms in total. The van der Waals surface area contributed by atoms with E-state index in [-0.39, 0.29) is 11.5 Å². The number of rotatable bonds is 5. The van der Waals surface area contributed by atoms with Crippen molar-refractivity contribution in [3.63, 3.8) is 0 Å². The van der Waals surface area contributed by atoms with Gasteiger partial charge in [-0.25, -0.2) is 4.98 Å². The molecule has 0 unspecified atom stereocenters. The van der Waals surface area contributed by atoms with E-state index in [1.807, 2.05) is 0 Å². The van der Waals surface area contributed by atoms with Gasteiger partial charge in [0.15, 0.2) is 0 Å². The van der Waals surface area contributed by atoms with Gasteiger partial charge in [-0.15, -0.1) is 0 Å². The van der Waals surface area contributed by atoms with Gasteiger partial charge in [0.2, 0.25) is 5.95 Å². The summed E-state index contributed by atoms with van der Waals surface area (Å²) in [5, 5.41) is 0. The topological polar surface area (TPSA) is 78.2 Å². The smallest absolute Gasteiger partial charge is 0.257 e. The Kier molecular flexibility index (Phi) is 4.85. The number of nitrogens with one attached hydrogen (secondary N) is 1. The van der Waals surface area contributed by atoms with E-state index in [1.165, 1.54) is 11.3 Å². The van der Waals surface area contributed by atoms with E-state index >= 15 is 0 Å². The Morgan fingerprint density at radius 1 is 1.25 bits per heavy atom. The molecule has 0 bridgehead atoms. The monoisotopic (exact) mass is 327 g/mol. The van der Waals surface area contributed by atoms with E-state index < -0.39 is 0 Å². The molecule has 6 heteroatoms. The van der Waals surface area contributed by atoms with E-state index in [2.05, 4.69) is 57.9 Å². The summed E-state index contributed by atoms with van der Waals surface area (Å²) in [6.07, 6.45) is 0.765. The Labute approximate surface area is 142 Å². The SMILES string of the molecule is CCN(CC)c1ccc(CN2CCc3nc(N)[nH]c(=O)c3C2)cc1. The number of nitrogens with zero attached hydrogens (tertiary/aromatic N) is 3. The molecule has 0 saturated heterocycles. The average molecular weight is 327 g/mol. The zero-order valence-electron chi connectivity index (χ0n) is 14.4. The number of hydrogen-bond donors (Lipinski definition) is 2. The standard InChI is InChI=1S/C18H25N5O/c1-3-23(4-2)14-7-5-13(6-8-14)11-22-10-9-16-15(12-22)17(24)21-18(19)20-16/h5-8H,3-4,9-12H2,1-2H3,(H3,19,20,21,24). The Hall–Kier alpha value is -2.34. The van der Waals surface area contributed by atoms with Crippen LogP contribution in [0.4, 0.5) is 11.6 Å². The van der Waals surface area contributed by atoms with Gasteiger partial charge < -0.3 is 10.6 Å². The van der Waals surface area contributed by atoms with Gasteiger partial charge in [-0.1, -0.05) is 12.1 Å². The van der Waals surface area contributed by atoms with Crippen molar-refractivity contribution in [2.24, 2.45) is 0 Å². The van der Waals surface area contributed by atoms with Crippen LogP contribution < -0.4 is 16.2 Å². The van der Waals surface area contributed by atoms with Crippen LogP contribution in [0.1, 0.15) is 30.7 Å². The second-order valence-corrected chi connectivity index (χ2v) is 6.18. The second kappa shape index (κ2) is 7.05. The van der Waals surface area contributed by atoms with Crippen molar-refractivity contribution < 1.29 is 0 Å². The number of anilines is 2. The summed E-state index contributed by atoms with van der Waals surface area (Å²) < 4.78 is 0. The fraction of sp³-hybridized carbons (Fsp3) is 0.444. The predicted molar refractivity (Wildman–Crippen MR) is 97.1 cm³/mol. The van der Waals surface area contributed by atoms with Gasteiger partial charge in [0.1, 0.15) is 0 Å². The van der Waals surface area contributed by atoms with Crippen LogP contribution in [0.5, 0.6) is 0 Å². The first kappa shape index (κ1) is 16.5. The predicted octanol–water partition coefficient (Wildman–Crippen LogP) is 1.76. The minimum absolute atomic E-state index is 0.112. The molecule has 2 aromatic rings. The van der Waals surface area contributed by atoms with Crippen molar-refractivity contribution in [1.29, 1.82) is 0 Å². The quantitative estimate of drug-likeness (QED) is 0.875. The molecule has 24 heavy (non-hydrogen) atoms. The third-order valence-electron chi connectivity index (χ3n) is 4.64. The van der Waals surface area contributed by atoms with Crippen molar-refractivity contribution in [2.45, 2.75) is 33.4 Å². The lowest BCUT2D eigenvalue weighted by Crippen LogP contribution is -2.35. The van der Waals surface area contributed by atoms with Gasteiger partial charge >= 0.3 is 0 Å². The fourth-order valence-corrected chi connectivity index (χ4v) is 3.29. The second-order valence-electron chi connectivity index (χ2n) is 6.18. The summed E-state index contributed by atoms with van der Waals surface area (Å²) in [5.41, 5.74) is 9.60. The summed E-state index contributed by atoms with van der Waals surface area (Å²) in [5.74, 6) is 0.208. The normalized spacial score (nSPS) is 14.4. The minimum Gasteiger partial charge on any atom is -0.372 e. The lowest BCUT2D eigenvalue weighted by Gasteiger charge is -2.28. The maximum absolute atomic E-state index is 12.1. The molecule has 2 heterocycles. The van der Waals surface area contributed by atoms with Gasteiger partial charge in [-0.2, -0.15) is 0 Å². The van der Waals surface area contributed by atoms with E-state index in [4.69, 9.17) is 5.73 Å². The maximum Gasteiger partial charge on any atom is 0.257 e. The van der Waals surface area contributed by atoms with Crippen LogP contribution in [-0.2, 0) is 19.5 Å². The van der Waals surface area contributed by atoms with Crippen molar-refractivity contribution >= 4 is 11.6 Å². The fourth-order valence-electron chi connectivity index (χ4n) is 3.29. The molecule has 0 atom stereocenters. The number of hydrogen-bond acceptors (Lipinski definition) is 5.